The van der Waals surface area contributed by atoms with Gasteiger partial charge in [-0.1, -0.05) is 0 Å². The number of aliphatic hydroxyl groups excluding tert-OH is 1. The number of hydrogen-bond acceptors (Lipinski definition) is 4. The van der Waals surface area contributed by atoms with Crippen LogP contribution in [0.3, 0.4) is 0 Å². The van der Waals surface area contributed by atoms with Gasteiger partial charge in [0.25, 0.3) is 0 Å². The Kier molecular flexibility index (Phi) is 3.64. The minimum absolute atomic E-state index is 0.178. The molecule has 88 valence electrons. The smallest absolute Gasteiger partial charge is 0.119 e. The molecule has 1 aromatic rings. The third-order valence-electron chi connectivity index (χ3n) is 2.77. The number of benzene rings is 1. The normalized spacial score (nSPS) is 21.9. The lowest BCUT2D eigenvalue weighted by molar-refractivity contribution is 0.0499. The molecule has 0 aliphatic carbocycles. The maximum Gasteiger partial charge on any atom is 0.119 e. The molecule has 2 unspecified atom stereocenters. The molecule has 16 heavy (non-hydrogen) atoms. The first kappa shape index (κ1) is 11.2. The van der Waals surface area contributed by atoms with Crippen LogP contribution in [0.2, 0.25) is 0 Å². The second-order valence-electron chi connectivity index (χ2n) is 4.00. The third-order valence-corrected chi connectivity index (χ3v) is 2.77. The number of hydrogen-bond donors (Lipinski definition) is 2. The summed E-state index contributed by atoms with van der Waals surface area (Å²) >= 11 is 0. The Hall–Kier alpha value is -1.26. The highest BCUT2D eigenvalue weighted by atomic mass is 16.5. The van der Waals surface area contributed by atoms with E-state index in [2.05, 4.69) is 0 Å². The van der Waals surface area contributed by atoms with E-state index < -0.39 is 6.10 Å². The van der Waals surface area contributed by atoms with Gasteiger partial charge in [-0.25, -0.2) is 0 Å². The monoisotopic (exact) mass is 224 g/mol. The molecular weight excluding hydrogens is 208 g/mol. The molecule has 1 saturated heterocycles. The minimum atomic E-state index is -0.490. The summed E-state index contributed by atoms with van der Waals surface area (Å²) in [4.78, 5) is 0. The van der Waals surface area contributed by atoms with Crippen LogP contribution in [0.1, 0.15) is 6.42 Å². The van der Waals surface area contributed by atoms with Gasteiger partial charge < -0.3 is 19.7 Å². The van der Waals surface area contributed by atoms with Crippen LogP contribution in [0.15, 0.2) is 24.3 Å². The van der Waals surface area contributed by atoms with E-state index in [-0.39, 0.29) is 18.3 Å². The molecule has 0 saturated carbocycles. The lowest BCUT2D eigenvalue weighted by Gasteiger charge is -2.16. The third kappa shape index (κ3) is 2.87. The predicted molar refractivity (Wildman–Crippen MR) is 58.5 cm³/mol. The second kappa shape index (κ2) is 5.18. The fourth-order valence-electron chi connectivity index (χ4n) is 1.72. The molecule has 2 N–H and O–H groups in total. The van der Waals surface area contributed by atoms with E-state index in [0.717, 1.165) is 13.0 Å². The van der Waals surface area contributed by atoms with Crippen molar-refractivity contribution in [1.29, 1.82) is 0 Å². The van der Waals surface area contributed by atoms with E-state index in [4.69, 9.17) is 14.6 Å². The average molecular weight is 224 g/mol. The van der Waals surface area contributed by atoms with Gasteiger partial charge in [0.05, 0.1) is 12.7 Å². The van der Waals surface area contributed by atoms with Gasteiger partial charge in [-0.05, 0) is 30.7 Å². The Morgan fingerprint density at radius 2 is 2.12 bits per heavy atom. The van der Waals surface area contributed by atoms with Gasteiger partial charge in [0, 0.05) is 12.5 Å². The Balaban J connectivity index is 1.80. The summed E-state index contributed by atoms with van der Waals surface area (Å²) in [7, 11) is 0. The number of aromatic hydroxyl groups is 1. The summed E-state index contributed by atoms with van der Waals surface area (Å²) in [6.45, 7) is 1.60. The zero-order chi connectivity index (χ0) is 11.4. The maximum absolute atomic E-state index is 9.81. The van der Waals surface area contributed by atoms with Crippen LogP contribution >= 0.6 is 0 Å². The van der Waals surface area contributed by atoms with Crippen LogP contribution in [0.25, 0.3) is 0 Å². The number of rotatable bonds is 4. The van der Waals surface area contributed by atoms with Gasteiger partial charge in [-0.2, -0.15) is 0 Å². The molecule has 1 aliphatic rings. The van der Waals surface area contributed by atoms with E-state index in [0.29, 0.717) is 12.4 Å². The zero-order valence-electron chi connectivity index (χ0n) is 9.00. The standard InChI is InChI=1S/C12H16O4/c13-10-1-3-11(4-2-10)16-8-12(14)9-5-6-15-7-9/h1-4,9,12-14H,5-8H2. The van der Waals surface area contributed by atoms with Crippen molar-refractivity contribution in [2.24, 2.45) is 5.92 Å². The van der Waals surface area contributed by atoms with E-state index >= 15 is 0 Å². The van der Waals surface area contributed by atoms with Gasteiger partial charge in [0.1, 0.15) is 18.1 Å². The topological polar surface area (TPSA) is 58.9 Å². The quantitative estimate of drug-likeness (QED) is 0.806. The van der Waals surface area contributed by atoms with E-state index in [9.17, 15) is 5.11 Å². The number of phenols is 1. The van der Waals surface area contributed by atoms with Crippen molar-refractivity contribution in [3.05, 3.63) is 24.3 Å². The highest BCUT2D eigenvalue weighted by molar-refractivity contribution is 5.30. The Morgan fingerprint density at radius 3 is 2.75 bits per heavy atom. The van der Waals surface area contributed by atoms with Crippen LogP contribution in [0.5, 0.6) is 11.5 Å². The van der Waals surface area contributed by atoms with Gasteiger partial charge in [-0.3, -0.25) is 0 Å². The largest absolute Gasteiger partial charge is 0.508 e. The van der Waals surface area contributed by atoms with Crippen LogP contribution in [-0.4, -0.2) is 36.1 Å². The molecule has 1 heterocycles. The predicted octanol–water partition coefficient (Wildman–Crippen LogP) is 1.17. The van der Waals surface area contributed by atoms with Crippen molar-refractivity contribution in [3.8, 4) is 11.5 Å². The lowest BCUT2D eigenvalue weighted by atomic mass is 10.0. The molecule has 1 fully saturated rings. The fourth-order valence-corrected chi connectivity index (χ4v) is 1.72. The van der Waals surface area contributed by atoms with Crippen LogP contribution in [-0.2, 0) is 4.74 Å². The van der Waals surface area contributed by atoms with Gasteiger partial charge in [0.15, 0.2) is 0 Å². The van der Waals surface area contributed by atoms with Crippen molar-refractivity contribution in [1.82, 2.24) is 0 Å². The first-order valence-electron chi connectivity index (χ1n) is 5.43. The number of phenolic OH excluding ortho intramolecular Hbond substituents is 1. The SMILES string of the molecule is Oc1ccc(OCC(O)C2CCOC2)cc1. The molecule has 0 spiro atoms. The first-order chi connectivity index (χ1) is 7.75. The molecule has 0 amide bonds. The second-order valence-corrected chi connectivity index (χ2v) is 4.00. The molecule has 4 nitrogen and oxygen atoms in total. The summed E-state index contributed by atoms with van der Waals surface area (Å²) in [6, 6.07) is 6.46. The van der Waals surface area contributed by atoms with Crippen molar-refractivity contribution in [3.63, 3.8) is 0 Å². The van der Waals surface area contributed by atoms with E-state index in [1.54, 1.807) is 24.3 Å². The van der Waals surface area contributed by atoms with Crippen molar-refractivity contribution >= 4 is 0 Å². The molecule has 2 rings (SSSR count). The van der Waals surface area contributed by atoms with Gasteiger partial charge in [-0.15, -0.1) is 0 Å². The summed E-state index contributed by atoms with van der Waals surface area (Å²) in [5.41, 5.74) is 0. The Morgan fingerprint density at radius 1 is 1.38 bits per heavy atom. The highest BCUT2D eigenvalue weighted by Crippen LogP contribution is 2.19. The highest BCUT2D eigenvalue weighted by Gasteiger charge is 2.24. The molecule has 4 heteroatoms. The first-order valence-corrected chi connectivity index (χ1v) is 5.43. The summed E-state index contributed by atoms with van der Waals surface area (Å²) < 4.78 is 10.6. The summed E-state index contributed by atoms with van der Waals surface area (Å²) in [6.07, 6.45) is 0.399. The van der Waals surface area contributed by atoms with E-state index in [1.807, 2.05) is 0 Å². The molecule has 2 atom stereocenters. The van der Waals surface area contributed by atoms with Crippen molar-refractivity contribution in [2.75, 3.05) is 19.8 Å². The molecule has 0 radical (unpaired) electrons. The van der Waals surface area contributed by atoms with Crippen LogP contribution < -0.4 is 4.74 Å². The Bertz CT molecular complexity index is 316. The molecule has 1 aliphatic heterocycles. The molecule has 0 bridgehead atoms. The van der Waals surface area contributed by atoms with E-state index in [1.165, 1.54) is 0 Å². The Labute approximate surface area is 94.4 Å². The fraction of sp³-hybridized carbons (Fsp3) is 0.500. The zero-order valence-corrected chi connectivity index (χ0v) is 9.00. The molecule has 0 aromatic heterocycles. The van der Waals surface area contributed by atoms with Crippen molar-refractivity contribution in [2.45, 2.75) is 12.5 Å². The van der Waals surface area contributed by atoms with Gasteiger partial charge in [0.2, 0.25) is 0 Å². The molecule has 1 aromatic carbocycles. The van der Waals surface area contributed by atoms with Crippen LogP contribution in [0.4, 0.5) is 0 Å². The summed E-state index contributed by atoms with van der Waals surface area (Å²) in [5.74, 6) is 1.03. The lowest BCUT2D eigenvalue weighted by Crippen LogP contribution is -2.27. The number of ether oxygens (including phenoxy) is 2. The number of aliphatic hydroxyl groups is 1. The maximum atomic E-state index is 9.81. The van der Waals surface area contributed by atoms with Crippen molar-refractivity contribution < 1.29 is 19.7 Å². The molecular formula is C12H16O4. The summed E-state index contributed by atoms with van der Waals surface area (Å²) in [5, 5.41) is 18.9. The average Bonchev–Trinajstić information content (AvgIpc) is 2.81. The van der Waals surface area contributed by atoms with Gasteiger partial charge >= 0.3 is 0 Å². The minimum Gasteiger partial charge on any atom is -0.508 e. The van der Waals surface area contributed by atoms with Crippen LogP contribution in [0, 0.1) is 5.92 Å².